The van der Waals surface area contributed by atoms with E-state index >= 15 is 0 Å². The highest BCUT2D eigenvalue weighted by Crippen LogP contribution is 2.55. The summed E-state index contributed by atoms with van der Waals surface area (Å²) >= 11 is 1.12. The Kier molecular flexibility index (Phi) is 8.07. The largest absolute Gasteiger partial charge is 0.455 e. The topological polar surface area (TPSA) is 106 Å². The molecule has 1 aliphatic carbocycles. The number of nitrogens with zero attached hydrogens (tertiary/aromatic N) is 1. The molecule has 8 nitrogen and oxygen atoms in total. The van der Waals surface area contributed by atoms with Crippen molar-refractivity contribution in [3.8, 4) is 11.5 Å². The molecular weight excluding hydrogens is 542 g/mol. The fourth-order valence-electron chi connectivity index (χ4n) is 7.12. The number of benzene rings is 1. The summed E-state index contributed by atoms with van der Waals surface area (Å²) in [6.07, 6.45) is 4.99. The SMILES string of the molecule is CC1=C[C@]23CCCN2CCc2cc4c(cc2[C@@H]3C1OC(=O)[C@@](O)(CCCC(C)(C)O)CC(=O)SC(C)(C)C)OCO4. The highest BCUT2D eigenvalue weighted by Gasteiger charge is 2.57. The molecule has 0 bridgehead atoms. The fourth-order valence-corrected chi connectivity index (χ4v) is 8.11. The van der Waals surface area contributed by atoms with Crippen LogP contribution in [0.25, 0.3) is 0 Å². The summed E-state index contributed by atoms with van der Waals surface area (Å²) in [7, 11) is 0. The van der Waals surface area contributed by atoms with Gasteiger partial charge in [-0.05, 0) is 94.7 Å². The molecule has 1 aromatic carbocycles. The number of thioether (sulfide) groups is 1. The maximum absolute atomic E-state index is 14.0. The van der Waals surface area contributed by atoms with Gasteiger partial charge in [-0.1, -0.05) is 38.6 Å². The molecular formula is C32H45NO7S. The van der Waals surface area contributed by atoms with Gasteiger partial charge in [0, 0.05) is 17.2 Å². The van der Waals surface area contributed by atoms with Crippen molar-refractivity contribution in [2.45, 2.75) is 120 Å². The Bertz CT molecular complexity index is 1230. The van der Waals surface area contributed by atoms with E-state index in [2.05, 4.69) is 23.1 Å². The van der Waals surface area contributed by atoms with Crippen molar-refractivity contribution in [2.24, 2.45) is 0 Å². The van der Waals surface area contributed by atoms with Crippen LogP contribution < -0.4 is 9.47 Å². The number of carbonyl (C=O) groups is 2. The van der Waals surface area contributed by atoms with Crippen molar-refractivity contribution in [2.75, 3.05) is 19.9 Å². The first-order valence-electron chi connectivity index (χ1n) is 14.8. The number of hydrogen-bond donors (Lipinski definition) is 2. The Morgan fingerprint density at radius 2 is 1.80 bits per heavy atom. The summed E-state index contributed by atoms with van der Waals surface area (Å²) < 4.78 is 17.4. The molecule has 1 saturated heterocycles. The predicted octanol–water partition coefficient (Wildman–Crippen LogP) is 4.88. The second-order valence-electron chi connectivity index (χ2n) is 13.9. The molecule has 1 spiro atoms. The molecule has 2 N–H and O–H groups in total. The smallest absolute Gasteiger partial charge is 0.339 e. The van der Waals surface area contributed by atoms with E-state index in [0.717, 1.165) is 66.6 Å². The molecule has 0 saturated carbocycles. The second-order valence-corrected chi connectivity index (χ2v) is 15.8. The van der Waals surface area contributed by atoms with Crippen LogP contribution in [0.3, 0.4) is 0 Å². The van der Waals surface area contributed by atoms with Crippen LogP contribution in [0.5, 0.6) is 11.5 Å². The molecule has 4 aliphatic rings. The van der Waals surface area contributed by atoms with Gasteiger partial charge in [0.1, 0.15) is 6.10 Å². The van der Waals surface area contributed by atoms with Crippen LogP contribution in [0.15, 0.2) is 23.8 Å². The van der Waals surface area contributed by atoms with Crippen molar-refractivity contribution < 1.29 is 34.0 Å². The van der Waals surface area contributed by atoms with Gasteiger partial charge in [-0.2, -0.15) is 0 Å². The van der Waals surface area contributed by atoms with Gasteiger partial charge in [0.05, 0.1) is 17.6 Å². The quantitative estimate of drug-likeness (QED) is 0.325. The molecule has 1 unspecified atom stereocenters. The third-order valence-corrected chi connectivity index (χ3v) is 9.82. The van der Waals surface area contributed by atoms with Gasteiger partial charge in [0.2, 0.25) is 6.79 Å². The van der Waals surface area contributed by atoms with Gasteiger partial charge in [0.25, 0.3) is 0 Å². The van der Waals surface area contributed by atoms with Crippen molar-refractivity contribution in [3.63, 3.8) is 0 Å². The maximum Gasteiger partial charge on any atom is 0.339 e. The standard InChI is InChI=1S/C32H45NO7S/c1-20-17-31-11-8-13-33(31)14-9-21-15-23-24(39-19-38-23)16-22(21)26(31)27(20)40-28(35)32(37,12-7-10-30(5,6)36)18-25(34)41-29(2,3)4/h15-17,26-27,36-37H,7-14,18-19H2,1-6H3/t26-,27?,31+,32-/m1/s1. The number of hydrogen-bond acceptors (Lipinski definition) is 9. The van der Waals surface area contributed by atoms with E-state index in [4.69, 9.17) is 14.2 Å². The minimum atomic E-state index is -1.99. The number of aliphatic hydroxyl groups is 2. The van der Waals surface area contributed by atoms with E-state index in [0.29, 0.717) is 18.6 Å². The molecule has 0 radical (unpaired) electrons. The molecule has 1 aromatic rings. The Hall–Kier alpha value is -2.07. The van der Waals surface area contributed by atoms with E-state index in [1.54, 1.807) is 13.8 Å². The van der Waals surface area contributed by atoms with Crippen molar-refractivity contribution >= 4 is 22.8 Å². The zero-order chi connectivity index (χ0) is 29.8. The summed E-state index contributed by atoms with van der Waals surface area (Å²) in [5.74, 6) is 0.503. The first kappa shape index (κ1) is 30.4. The van der Waals surface area contributed by atoms with Gasteiger partial charge >= 0.3 is 5.97 Å². The van der Waals surface area contributed by atoms with Crippen molar-refractivity contribution in [1.29, 1.82) is 0 Å². The third kappa shape index (κ3) is 6.19. The maximum atomic E-state index is 14.0. The highest BCUT2D eigenvalue weighted by molar-refractivity contribution is 8.14. The van der Waals surface area contributed by atoms with Gasteiger partial charge < -0.3 is 24.4 Å². The van der Waals surface area contributed by atoms with Crippen LogP contribution in [0.2, 0.25) is 0 Å². The molecule has 0 aromatic heterocycles. The molecule has 3 aliphatic heterocycles. The van der Waals surface area contributed by atoms with Gasteiger partial charge in [-0.3, -0.25) is 9.69 Å². The van der Waals surface area contributed by atoms with Gasteiger partial charge in [-0.15, -0.1) is 0 Å². The lowest BCUT2D eigenvalue weighted by molar-refractivity contribution is -0.173. The molecule has 3 heterocycles. The summed E-state index contributed by atoms with van der Waals surface area (Å²) in [5, 5.41) is 21.8. The minimum absolute atomic E-state index is 0.0267. The Morgan fingerprint density at radius 1 is 1.10 bits per heavy atom. The lowest BCUT2D eigenvalue weighted by Gasteiger charge is -2.40. The summed E-state index contributed by atoms with van der Waals surface area (Å²) in [6.45, 7) is 13.2. The fraction of sp³-hybridized carbons (Fsp3) is 0.688. The zero-order valence-electron chi connectivity index (χ0n) is 25.2. The highest BCUT2D eigenvalue weighted by atomic mass is 32.2. The molecule has 0 amide bonds. The average Bonchev–Trinajstić information content (AvgIpc) is 3.50. The Morgan fingerprint density at radius 3 is 2.49 bits per heavy atom. The van der Waals surface area contributed by atoms with E-state index < -0.39 is 23.3 Å². The van der Waals surface area contributed by atoms with Crippen LogP contribution >= 0.6 is 11.8 Å². The van der Waals surface area contributed by atoms with Crippen LogP contribution in [0.1, 0.15) is 97.1 Å². The average molecular weight is 588 g/mol. The first-order chi connectivity index (χ1) is 19.1. The minimum Gasteiger partial charge on any atom is -0.455 e. The van der Waals surface area contributed by atoms with E-state index in [1.807, 2.05) is 27.7 Å². The summed E-state index contributed by atoms with van der Waals surface area (Å²) in [5.41, 5.74) is -0.0214. The number of carbonyl (C=O) groups excluding carboxylic acids is 2. The molecule has 9 heteroatoms. The van der Waals surface area contributed by atoms with Crippen LogP contribution in [-0.2, 0) is 20.7 Å². The third-order valence-electron chi connectivity index (χ3n) is 8.83. The number of rotatable bonds is 8. The molecule has 1 fully saturated rings. The first-order valence-corrected chi connectivity index (χ1v) is 15.7. The van der Waals surface area contributed by atoms with Crippen LogP contribution in [0, 0.1) is 0 Å². The summed E-state index contributed by atoms with van der Waals surface area (Å²) in [4.78, 5) is 29.5. The Labute approximate surface area is 247 Å². The van der Waals surface area contributed by atoms with E-state index in [9.17, 15) is 19.8 Å². The monoisotopic (exact) mass is 587 g/mol. The van der Waals surface area contributed by atoms with Crippen molar-refractivity contribution in [3.05, 3.63) is 34.9 Å². The number of ether oxygens (including phenoxy) is 3. The lowest BCUT2D eigenvalue weighted by atomic mass is 9.77. The molecule has 4 atom stereocenters. The normalized spacial score (nSPS) is 26.9. The van der Waals surface area contributed by atoms with E-state index in [1.165, 1.54) is 0 Å². The van der Waals surface area contributed by atoms with Crippen LogP contribution in [0.4, 0.5) is 0 Å². The zero-order valence-corrected chi connectivity index (χ0v) is 26.1. The Balaban J connectivity index is 1.46. The van der Waals surface area contributed by atoms with E-state index in [-0.39, 0.29) is 41.0 Å². The van der Waals surface area contributed by atoms with Crippen LogP contribution in [-0.4, -0.2) is 73.7 Å². The molecule has 5 rings (SSSR count). The van der Waals surface area contributed by atoms with Gasteiger partial charge in [0.15, 0.2) is 22.2 Å². The lowest BCUT2D eigenvalue weighted by Crippen LogP contribution is -2.49. The number of esters is 1. The molecule has 226 valence electrons. The predicted molar refractivity (Wildman–Crippen MR) is 158 cm³/mol. The second kappa shape index (κ2) is 10.9. The summed E-state index contributed by atoms with van der Waals surface area (Å²) in [6, 6.07) is 4.12. The van der Waals surface area contributed by atoms with Crippen molar-refractivity contribution in [1.82, 2.24) is 4.90 Å². The molecule has 41 heavy (non-hydrogen) atoms. The van der Waals surface area contributed by atoms with Gasteiger partial charge in [-0.25, -0.2) is 4.79 Å². The number of fused-ring (bicyclic) bond motifs is 3.